The number of aryl methyl sites for hydroxylation is 1. The number of carbonyl (C=O) groups excluding carboxylic acids is 2. The van der Waals surface area contributed by atoms with Gasteiger partial charge in [0.05, 0.1) is 36.4 Å². The van der Waals surface area contributed by atoms with Crippen molar-refractivity contribution in [3.63, 3.8) is 0 Å². The number of ether oxygens (including phenoxy) is 2. The number of aliphatic hydroxyl groups is 1. The van der Waals surface area contributed by atoms with Crippen molar-refractivity contribution in [3.05, 3.63) is 87.9 Å². The van der Waals surface area contributed by atoms with Gasteiger partial charge in [0.15, 0.2) is 0 Å². The fraction of sp³-hybridized carbons (Fsp3) is 0.267. The molecule has 3 aromatic carbocycles. The van der Waals surface area contributed by atoms with Crippen LogP contribution < -0.4 is 19.3 Å². The summed E-state index contributed by atoms with van der Waals surface area (Å²) in [6.45, 7) is 3.94. The SMILES string of the molecule is COc1cc(/C(O)=C2\C(=O)C(=O)N(c3ccc(N4CCCC4)cc3)C2c2cccc(C)c2)c(OC)cc1Cl. The minimum atomic E-state index is -0.848. The van der Waals surface area contributed by atoms with Crippen molar-refractivity contribution in [2.75, 3.05) is 37.1 Å². The number of aliphatic hydroxyl groups excluding tert-OH is 1. The quantitative estimate of drug-likeness (QED) is 0.242. The number of amides is 1. The van der Waals surface area contributed by atoms with Gasteiger partial charge in [0.2, 0.25) is 0 Å². The third-order valence-electron chi connectivity index (χ3n) is 7.13. The lowest BCUT2D eigenvalue weighted by Gasteiger charge is -2.27. The Balaban J connectivity index is 1.68. The first-order valence-electron chi connectivity index (χ1n) is 12.5. The molecule has 196 valence electrons. The van der Waals surface area contributed by atoms with Crippen LogP contribution in [0, 0.1) is 6.92 Å². The molecule has 0 aromatic heterocycles. The Morgan fingerprint density at radius 3 is 2.21 bits per heavy atom. The number of halogens is 1. The van der Waals surface area contributed by atoms with E-state index in [0.717, 1.165) is 37.2 Å². The van der Waals surface area contributed by atoms with Crippen molar-refractivity contribution in [3.8, 4) is 11.5 Å². The largest absolute Gasteiger partial charge is 0.507 e. The highest BCUT2D eigenvalue weighted by Gasteiger charge is 2.47. The molecule has 2 saturated heterocycles. The first-order chi connectivity index (χ1) is 18.3. The Kier molecular flexibility index (Phi) is 7.04. The Morgan fingerprint density at radius 1 is 0.921 bits per heavy atom. The first-order valence-corrected chi connectivity index (χ1v) is 12.9. The van der Waals surface area contributed by atoms with Gasteiger partial charge in [-0.1, -0.05) is 41.4 Å². The van der Waals surface area contributed by atoms with Gasteiger partial charge < -0.3 is 19.5 Å². The topological polar surface area (TPSA) is 79.3 Å². The highest BCUT2D eigenvalue weighted by Crippen LogP contribution is 2.45. The standard InChI is InChI=1S/C30H29ClN2O5/c1-18-7-6-8-19(15-18)27-26(28(34)22-16-25(38-3)23(31)17-24(22)37-2)29(35)30(36)33(27)21-11-9-20(10-12-21)32-13-4-5-14-32/h6-12,15-17,27,34H,4-5,13-14H2,1-3H3/b28-26+. The molecule has 1 atom stereocenters. The molecule has 2 aliphatic heterocycles. The van der Waals surface area contributed by atoms with Crippen LogP contribution in [0.2, 0.25) is 5.02 Å². The maximum atomic E-state index is 13.6. The first kappa shape index (κ1) is 25.7. The second-order valence-corrected chi connectivity index (χ2v) is 9.89. The summed E-state index contributed by atoms with van der Waals surface area (Å²) in [6.07, 6.45) is 2.31. The number of anilines is 2. The molecule has 1 amide bonds. The zero-order chi connectivity index (χ0) is 27.0. The summed E-state index contributed by atoms with van der Waals surface area (Å²) in [5.74, 6) is -1.32. The van der Waals surface area contributed by atoms with E-state index in [1.54, 1.807) is 0 Å². The summed E-state index contributed by atoms with van der Waals surface area (Å²) in [5, 5.41) is 11.9. The molecule has 0 saturated carbocycles. The molecule has 0 bridgehead atoms. The molecule has 1 N–H and O–H groups in total. The molecule has 3 aromatic rings. The van der Waals surface area contributed by atoms with E-state index in [9.17, 15) is 14.7 Å². The number of hydrogen-bond acceptors (Lipinski definition) is 6. The number of Topliss-reactive ketones (excluding diaryl/α,β-unsaturated/α-hetero) is 1. The van der Waals surface area contributed by atoms with Gasteiger partial charge in [0.1, 0.15) is 17.3 Å². The molecule has 7 nitrogen and oxygen atoms in total. The van der Waals surface area contributed by atoms with Crippen LogP contribution in [0.25, 0.3) is 5.76 Å². The van der Waals surface area contributed by atoms with Crippen LogP contribution in [0.4, 0.5) is 11.4 Å². The van der Waals surface area contributed by atoms with Gasteiger partial charge in [-0.25, -0.2) is 0 Å². The van der Waals surface area contributed by atoms with Gasteiger partial charge in [-0.15, -0.1) is 0 Å². The Labute approximate surface area is 226 Å². The summed E-state index contributed by atoms with van der Waals surface area (Å²) in [7, 11) is 2.89. The average molecular weight is 533 g/mol. The summed E-state index contributed by atoms with van der Waals surface area (Å²) < 4.78 is 10.8. The van der Waals surface area contributed by atoms with Crippen molar-refractivity contribution in [1.29, 1.82) is 0 Å². The van der Waals surface area contributed by atoms with Gasteiger partial charge in [0, 0.05) is 30.5 Å². The van der Waals surface area contributed by atoms with E-state index in [0.29, 0.717) is 17.0 Å². The second kappa shape index (κ2) is 10.4. The average Bonchev–Trinajstić information content (AvgIpc) is 3.55. The monoisotopic (exact) mass is 532 g/mol. The van der Waals surface area contributed by atoms with Crippen LogP contribution in [0.1, 0.15) is 35.6 Å². The third-order valence-corrected chi connectivity index (χ3v) is 7.43. The van der Waals surface area contributed by atoms with Crippen LogP contribution in [0.15, 0.2) is 66.2 Å². The van der Waals surface area contributed by atoms with E-state index in [2.05, 4.69) is 4.90 Å². The lowest BCUT2D eigenvalue weighted by molar-refractivity contribution is -0.132. The van der Waals surface area contributed by atoms with Crippen molar-refractivity contribution in [2.45, 2.75) is 25.8 Å². The smallest absolute Gasteiger partial charge is 0.300 e. The summed E-state index contributed by atoms with van der Waals surface area (Å²) in [5.41, 5.74) is 3.48. The van der Waals surface area contributed by atoms with Crippen molar-refractivity contribution >= 4 is 40.4 Å². The molecule has 8 heteroatoms. The summed E-state index contributed by atoms with van der Waals surface area (Å²) in [4.78, 5) is 30.8. The molecule has 38 heavy (non-hydrogen) atoms. The molecular weight excluding hydrogens is 504 g/mol. The van der Waals surface area contributed by atoms with Crippen LogP contribution in [-0.2, 0) is 9.59 Å². The maximum Gasteiger partial charge on any atom is 0.300 e. The van der Waals surface area contributed by atoms with Crippen LogP contribution in [0.5, 0.6) is 11.5 Å². The van der Waals surface area contributed by atoms with Crippen LogP contribution >= 0.6 is 11.6 Å². The fourth-order valence-electron chi connectivity index (χ4n) is 5.24. The van der Waals surface area contributed by atoms with E-state index < -0.39 is 17.7 Å². The Hall–Kier alpha value is -3.97. The third kappa shape index (κ3) is 4.47. The Morgan fingerprint density at radius 2 is 1.58 bits per heavy atom. The van der Waals surface area contributed by atoms with E-state index in [-0.39, 0.29) is 27.7 Å². The minimum absolute atomic E-state index is 0.0353. The van der Waals surface area contributed by atoms with Gasteiger partial charge in [-0.05, 0) is 55.7 Å². The molecule has 0 spiro atoms. The number of methoxy groups -OCH3 is 2. The lowest BCUT2D eigenvalue weighted by Crippen LogP contribution is -2.29. The molecule has 1 unspecified atom stereocenters. The van der Waals surface area contributed by atoms with Gasteiger partial charge in [-0.2, -0.15) is 0 Å². The minimum Gasteiger partial charge on any atom is -0.507 e. The number of carbonyl (C=O) groups is 2. The summed E-state index contributed by atoms with van der Waals surface area (Å²) >= 11 is 6.27. The number of nitrogens with zero attached hydrogens (tertiary/aromatic N) is 2. The molecule has 0 radical (unpaired) electrons. The van der Waals surface area contributed by atoms with E-state index >= 15 is 0 Å². The molecule has 2 aliphatic rings. The number of benzene rings is 3. The zero-order valence-electron chi connectivity index (χ0n) is 21.5. The second-order valence-electron chi connectivity index (χ2n) is 9.48. The molecular formula is C30H29ClN2O5. The van der Waals surface area contributed by atoms with E-state index in [1.165, 1.54) is 31.3 Å². The van der Waals surface area contributed by atoms with E-state index in [1.807, 2.05) is 55.5 Å². The van der Waals surface area contributed by atoms with Crippen molar-refractivity contribution in [2.24, 2.45) is 0 Å². The van der Waals surface area contributed by atoms with E-state index in [4.69, 9.17) is 21.1 Å². The van der Waals surface area contributed by atoms with Gasteiger partial charge in [-0.3, -0.25) is 14.5 Å². The number of hydrogen-bond donors (Lipinski definition) is 1. The van der Waals surface area contributed by atoms with Gasteiger partial charge in [0.25, 0.3) is 11.7 Å². The highest BCUT2D eigenvalue weighted by molar-refractivity contribution is 6.51. The predicted molar refractivity (Wildman–Crippen MR) is 148 cm³/mol. The predicted octanol–water partition coefficient (Wildman–Crippen LogP) is 5.89. The molecule has 2 heterocycles. The number of rotatable bonds is 6. The van der Waals surface area contributed by atoms with Crippen molar-refractivity contribution < 1.29 is 24.2 Å². The normalized spacial score (nSPS) is 18.8. The van der Waals surface area contributed by atoms with Crippen LogP contribution in [-0.4, -0.2) is 44.1 Å². The number of ketones is 1. The van der Waals surface area contributed by atoms with Gasteiger partial charge >= 0.3 is 0 Å². The molecule has 0 aliphatic carbocycles. The highest BCUT2D eigenvalue weighted by atomic mass is 35.5. The van der Waals surface area contributed by atoms with Crippen LogP contribution in [0.3, 0.4) is 0 Å². The maximum absolute atomic E-state index is 13.6. The Bertz CT molecular complexity index is 1430. The lowest BCUT2D eigenvalue weighted by atomic mass is 9.94. The summed E-state index contributed by atoms with van der Waals surface area (Å²) in [6, 6.07) is 17.4. The molecule has 5 rings (SSSR count). The molecule has 2 fully saturated rings. The fourth-order valence-corrected chi connectivity index (χ4v) is 5.48. The van der Waals surface area contributed by atoms with Crippen molar-refractivity contribution in [1.82, 2.24) is 0 Å². The zero-order valence-corrected chi connectivity index (χ0v) is 22.3.